The van der Waals surface area contributed by atoms with E-state index in [1.807, 2.05) is 27.1 Å². The predicted octanol–water partition coefficient (Wildman–Crippen LogP) is 2.76. The first-order valence-electron chi connectivity index (χ1n) is 6.04. The first-order chi connectivity index (χ1) is 9.45. The smallest absolute Gasteiger partial charge is 0.257 e. The van der Waals surface area contributed by atoms with E-state index in [-0.39, 0.29) is 11.1 Å². The highest BCUT2D eigenvalue weighted by Crippen LogP contribution is 2.17. The summed E-state index contributed by atoms with van der Waals surface area (Å²) in [4.78, 5) is 22.2. The van der Waals surface area contributed by atoms with Crippen molar-refractivity contribution in [3.63, 3.8) is 0 Å². The number of aryl methyl sites for hydroxylation is 1. The Morgan fingerprint density at radius 2 is 2.05 bits per heavy atom. The summed E-state index contributed by atoms with van der Waals surface area (Å²) < 4.78 is 0. The van der Waals surface area contributed by atoms with Crippen molar-refractivity contribution in [2.75, 3.05) is 24.3 Å². The van der Waals surface area contributed by atoms with Gasteiger partial charge in [0.05, 0.1) is 0 Å². The monoisotopic (exact) mass is 290 g/mol. The van der Waals surface area contributed by atoms with Crippen LogP contribution in [0, 0.1) is 6.92 Å². The van der Waals surface area contributed by atoms with Crippen molar-refractivity contribution in [1.82, 2.24) is 9.97 Å². The molecule has 0 aliphatic heterocycles. The van der Waals surface area contributed by atoms with Gasteiger partial charge in [-0.25, -0.2) is 9.97 Å². The topological polar surface area (TPSA) is 58.1 Å². The minimum absolute atomic E-state index is 0.270. The van der Waals surface area contributed by atoms with Gasteiger partial charge in [0.1, 0.15) is 16.8 Å². The third-order valence-electron chi connectivity index (χ3n) is 2.65. The summed E-state index contributed by atoms with van der Waals surface area (Å²) in [5, 5.41) is 3.00. The number of nitrogens with one attached hydrogen (secondary N) is 1. The molecule has 0 unspecified atom stereocenters. The zero-order valence-corrected chi connectivity index (χ0v) is 12.3. The summed E-state index contributed by atoms with van der Waals surface area (Å²) in [6.07, 6.45) is 1.69. The summed E-state index contributed by atoms with van der Waals surface area (Å²) in [7, 11) is 3.67. The molecule has 2 aromatic rings. The highest BCUT2D eigenvalue weighted by molar-refractivity contribution is 6.30. The second-order valence-electron chi connectivity index (χ2n) is 4.61. The van der Waals surface area contributed by atoms with E-state index in [0.29, 0.717) is 17.2 Å². The Morgan fingerprint density at radius 1 is 1.30 bits per heavy atom. The summed E-state index contributed by atoms with van der Waals surface area (Å²) in [6.45, 7) is 1.94. The van der Waals surface area contributed by atoms with Gasteiger partial charge < -0.3 is 10.2 Å². The number of hydrogen-bond donors (Lipinski definition) is 1. The molecular formula is C14H15ClN4O. The van der Waals surface area contributed by atoms with Crippen molar-refractivity contribution in [2.45, 2.75) is 6.92 Å². The first-order valence-corrected chi connectivity index (χ1v) is 6.42. The van der Waals surface area contributed by atoms with Crippen LogP contribution in [0.4, 0.5) is 11.6 Å². The number of carbonyl (C=O) groups excluding carboxylic acids is 1. The van der Waals surface area contributed by atoms with Crippen LogP contribution in [0.5, 0.6) is 0 Å². The molecule has 0 bridgehead atoms. The molecule has 0 aliphatic rings. The van der Waals surface area contributed by atoms with Gasteiger partial charge in [-0.3, -0.25) is 4.79 Å². The molecule has 0 fully saturated rings. The van der Waals surface area contributed by atoms with E-state index in [1.54, 1.807) is 23.2 Å². The van der Waals surface area contributed by atoms with E-state index in [0.717, 1.165) is 5.56 Å². The number of pyridine rings is 2. The lowest BCUT2D eigenvalue weighted by molar-refractivity contribution is 0.102. The van der Waals surface area contributed by atoms with Gasteiger partial charge in [-0.15, -0.1) is 0 Å². The van der Waals surface area contributed by atoms with Gasteiger partial charge in [0.15, 0.2) is 0 Å². The van der Waals surface area contributed by atoms with Crippen LogP contribution >= 0.6 is 11.6 Å². The summed E-state index contributed by atoms with van der Waals surface area (Å²) in [6, 6.07) is 6.84. The van der Waals surface area contributed by atoms with E-state index < -0.39 is 0 Å². The van der Waals surface area contributed by atoms with Crippen LogP contribution < -0.4 is 10.2 Å². The fourth-order valence-corrected chi connectivity index (χ4v) is 1.78. The lowest BCUT2D eigenvalue weighted by Gasteiger charge is -2.13. The third-order valence-corrected chi connectivity index (χ3v) is 2.85. The van der Waals surface area contributed by atoms with Gasteiger partial charge in [-0.05, 0) is 30.7 Å². The second-order valence-corrected chi connectivity index (χ2v) is 4.99. The van der Waals surface area contributed by atoms with Crippen molar-refractivity contribution in [1.29, 1.82) is 0 Å². The maximum atomic E-state index is 12.2. The van der Waals surface area contributed by atoms with Crippen LogP contribution in [0.2, 0.25) is 5.15 Å². The third kappa shape index (κ3) is 3.45. The van der Waals surface area contributed by atoms with Gasteiger partial charge in [0.2, 0.25) is 0 Å². The molecule has 0 spiro atoms. The van der Waals surface area contributed by atoms with Gasteiger partial charge >= 0.3 is 0 Å². The molecule has 2 heterocycles. The van der Waals surface area contributed by atoms with Gasteiger partial charge in [0.25, 0.3) is 5.91 Å². The largest absolute Gasteiger partial charge is 0.363 e. The molecule has 1 amide bonds. The molecule has 1 N–H and O–H groups in total. The molecule has 2 rings (SSSR count). The Hall–Kier alpha value is -2.14. The predicted molar refractivity (Wildman–Crippen MR) is 80.5 cm³/mol. The number of carbonyl (C=O) groups is 1. The molecule has 5 nitrogen and oxygen atoms in total. The Bertz CT molecular complexity index is 626. The number of halogens is 1. The molecule has 104 valence electrons. The Kier molecular flexibility index (Phi) is 4.20. The van der Waals surface area contributed by atoms with Crippen LogP contribution in [-0.4, -0.2) is 30.0 Å². The number of hydrogen-bond acceptors (Lipinski definition) is 4. The van der Waals surface area contributed by atoms with Gasteiger partial charge in [-0.1, -0.05) is 17.7 Å². The fraction of sp³-hybridized carbons (Fsp3) is 0.214. The van der Waals surface area contributed by atoms with E-state index in [2.05, 4.69) is 15.3 Å². The molecule has 0 aliphatic carbocycles. The molecule has 0 atom stereocenters. The second kappa shape index (κ2) is 5.88. The molecule has 0 saturated carbocycles. The quantitative estimate of drug-likeness (QED) is 0.883. The summed E-state index contributed by atoms with van der Waals surface area (Å²) >= 11 is 5.93. The number of anilines is 2. The van der Waals surface area contributed by atoms with E-state index in [1.165, 1.54) is 6.07 Å². The van der Waals surface area contributed by atoms with Crippen LogP contribution in [-0.2, 0) is 0 Å². The van der Waals surface area contributed by atoms with Crippen LogP contribution in [0.15, 0.2) is 30.5 Å². The number of amides is 1. The van der Waals surface area contributed by atoms with Crippen molar-refractivity contribution < 1.29 is 4.79 Å². The van der Waals surface area contributed by atoms with Gasteiger partial charge in [-0.2, -0.15) is 0 Å². The summed E-state index contributed by atoms with van der Waals surface area (Å²) in [5.74, 6) is 0.855. The molecule has 6 heteroatoms. The minimum Gasteiger partial charge on any atom is -0.363 e. The van der Waals surface area contributed by atoms with Gasteiger partial charge in [0, 0.05) is 25.9 Å². The van der Waals surface area contributed by atoms with Crippen molar-refractivity contribution in [3.05, 3.63) is 46.7 Å². The van der Waals surface area contributed by atoms with E-state index in [4.69, 9.17) is 11.6 Å². The maximum Gasteiger partial charge on any atom is 0.257 e. The van der Waals surface area contributed by atoms with Crippen LogP contribution in [0.3, 0.4) is 0 Å². The maximum absolute atomic E-state index is 12.2. The lowest BCUT2D eigenvalue weighted by atomic mass is 10.2. The van der Waals surface area contributed by atoms with E-state index in [9.17, 15) is 4.79 Å². The molecule has 0 aromatic carbocycles. The minimum atomic E-state index is -0.270. The summed E-state index contributed by atoms with van der Waals surface area (Å²) in [5.41, 5.74) is 1.47. The van der Waals surface area contributed by atoms with Crippen molar-refractivity contribution >= 4 is 29.1 Å². The molecule has 0 saturated heterocycles. The number of rotatable bonds is 3. The first kappa shape index (κ1) is 14.3. The highest BCUT2D eigenvalue weighted by Gasteiger charge is 2.11. The van der Waals surface area contributed by atoms with Crippen molar-refractivity contribution in [3.8, 4) is 0 Å². The van der Waals surface area contributed by atoms with Crippen LogP contribution in [0.1, 0.15) is 15.9 Å². The van der Waals surface area contributed by atoms with Crippen LogP contribution in [0.25, 0.3) is 0 Å². The highest BCUT2D eigenvalue weighted by atomic mass is 35.5. The van der Waals surface area contributed by atoms with E-state index >= 15 is 0 Å². The molecule has 2 aromatic heterocycles. The Morgan fingerprint density at radius 3 is 2.65 bits per heavy atom. The van der Waals surface area contributed by atoms with Crippen molar-refractivity contribution in [2.24, 2.45) is 0 Å². The standard InChI is InChI=1S/C14H15ClN4O/c1-9-4-5-12(16-8-9)18-14(20)10-6-11(15)17-13(7-10)19(2)3/h4-8H,1-3H3,(H,16,18,20). The average molecular weight is 291 g/mol. The molecule has 0 radical (unpaired) electrons. The zero-order valence-electron chi connectivity index (χ0n) is 11.5. The molecular weight excluding hydrogens is 276 g/mol. The number of aromatic nitrogens is 2. The Labute approximate surface area is 122 Å². The number of nitrogens with zero attached hydrogens (tertiary/aromatic N) is 3. The molecule has 20 heavy (non-hydrogen) atoms. The Balaban J connectivity index is 2.22. The fourth-order valence-electron chi connectivity index (χ4n) is 1.57. The lowest BCUT2D eigenvalue weighted by Crippen LogP contribution is -2.16. The SMILES string of the molecule is Cc1ccc(NC(=O)c2cc(Cl)nc(N(C)C)c2)nc1. The average Bonchev–Trinajstić information content (AvgIpc) is 2.40. The zero-order chi connectivity index (χ0) is 14.7. The normalized spacial score (nSPS) is 10.2.